The van der Waals surface area contributed by atoms with Gasteiger partial charge in [0.25, 0.3) is 0 Å². The molecule has 0 amide bonds. The Morgan fingerprint density at radius 3 is 1.50 bits per heavy atom. The van der Waals surface area contributed by atoms with E-state index in [1.165, 1.54) is 0 Å². The molecule has 2 nitrogen and oxygen atoms in total. The predicted molar refractivity (Wildman–Crippen MR) is 68.7 cm³/mol. The van der Waals surface area contributed by atoms with E-state index < -0.39 is 11.7 Å². The van der Waals surface area contributed by atoms with Gasteiger partial charge in [0.05, 0.1) is 5.56 Å². The van der Waals surface area contributed by atoms with Crippen LogP contribution in [0.5, 0.6) is 0 Å². The van der Waals surface area contributed by atoms with Gasteiger partial charge in [0.2, 0.25) is 0 Å². The number of rotatable bonds is 2. The van der Waals surface area contributed by atoms with Crippen LogP contribution in [0.1, 0.15) is 26.3 Å². The Morgan fingerprint density at radius 1 is 0.700 bits per heavy atom. The van der Waals surface area contributed by atoms with Gasteiger partial charge in [-0.05, 0) is 12.1 Å². The van der Waals surface area contributed by atoms with Gasteiger partial charge in [-0.1, -0.05) is 42.5 Å². The highest BCUT2D eigenvalue weighted by atomic mass is 19.4. The highest BCUT2D eigenvalue weighted by molar-refractivity contribution is 5.74. The molecule has 0 atom stereocenters. The number of carbonyl (C=O) groups excluding carboxylic acids is 2. The molecular weight excluding hydrogens is 269 g/mol. The molecule has 0 unspecified atom stereocenters. The van der Waals surface area contributed by atoms with Crippen LogP contribution in [0.25, 0.3) is 0 Å². The zero-order chi connectivity index (χ0) is 15.0. The fraction of sp³-hybridized carbons (Fsp3) is 0.0667. The summed E-state index contributed by atoms with van der Waals surface area (Å²) in [5.41, 5.74) is 0.226. The zero-order valence-corrected chi connectivity index (χ0v) is 10.3. The van der Waals surface area contributed by atoms with Gasteiger partial charge >= 0.3 is 6.18 Å². The minimum Gasteiger partial charge on any atom is -0.298 e. The number of alkyl halides is 3. The van der Waals surface area contributed by atoms with Crippen LogP contribution in [0.4, 0.5) is 13.2 Å². The quantitative estimate of drug-likeness (QED) is 0.779. The van der Waals surface area contributed by atoms with Gasteiger partial charge in [-0.25, -0.2) is 0 Å². The van der Waals surface area contributed by atoms with Gasteiger partial charge in [-0.3, -0.25) is 9.59 Å². The second kappa shape index (κ2) is 7.23. The summed E-state index contributed by atoms with van der Waals surface area (Å²) in [7, 11) is 0. The van der Waals surface area contributed by atoms with Crippen molar-refractivity contribution in [1.29, 1.82) is 0 Å². The van der Waals surface area contributed by atoms with E-state index in [1.54, 1.807) is 12.1 Å². The van der Waals surface area contributed by atoms with E-state index >= 15 is 0 Å². The first-order chi connectivity index (χ1) is 9.47. The molecule has 0 aliphatic carbocycles. The summed E-state index contributed by atoms with van der Waals surface area (Å²) in [6, 6.07) is 13.1. The van der Waals surface area contributed by atoms with Gasteiger partial charge < -0.3 is 0 Å². The van der Waals surface area contributed by atoms with Gasteiger partial charge in [0.1, 0.15) is 12.6 Å². The minimum atomic E-state index is -4.33. The number of halogens is 3. The largest absolute Gasteiger partial charge is 0.416 e. The summed E-state index contributed by atoms with van der Waals surface area (Å²) in [5, 5.41) is 0. The third-order valence-corrected chi connectivity index (χ3v) is 2.31. The third-order valence-electron chi connectivity index (χ3n) is 2.31. The number of hydrogen-bond donors (Lipinski definition) is 0. The lowest BCUT2D eigenvalue weighted by Crippen LogP contribution is -2.04. The second-order valence-electron chi connectivity index (χ2n) is 3.77. The molecule has 0 heterocycles. The summed E-state index contributed by atoms with van der Waals surface area (Å²) in [5.74, 6) is 0. The Balaban J connectivity index is 0.000000217. The highest BCUT2D eigenvalue weighted by Crippen LogP contribution is 2.28. The molecule has 2 rings (SSSR count). The molecule has 0 aromatic heterocycles. The SMILES string of the molecule is O=Cc1ccc(C(F)(F)F)cc1.O=Cc1ccccc1. The van der Waals surface area contributed by atoms with E-state index in [-0.39, 0.29) is 5.56 Å². The van der Waals surface area contributed by atoms with E-state index in [2.05, 4.69) is 0 Å². The Labute approximate surface area is 113 Å². The third kappa shape index (κ3) is 5.06. The molecule has 20 heavy (non-hydrogen) atoms. The van der Waals surface area contributed by atoms with Crippen LogP contribution in [0.3, 0.4) is 0 Å². The van der Waals surface area contributed by atoms with Gasteiger partial charge in [0.15, 0.2) is 0 Å². The molecule has 0 N–H and O–H groups in total. The topological polar surface area (TPSA) is 34.1 Å². The summed E-state index contributed by atoms with van der Waals surface area (Å²) in [6.07, 6.45) is -3.00. The minimum absolute atomic E-state index is 0.239. The molecule has 0 saturated carbocycles. The summed E-state index contributed by atoms with van der Waals surface area (Å²) in [6.45, 7) is 0. The average molecular weight is 280 g/mol. The van der Waals surface area contributed by atoms with Gasteiger partial charge in [0, 0.05) is 11.1 Å². The fourth-order valence-corrected chi connectivity index (χ4v) is 1.28. The van der Waals surface area contributed by atoms with Crippen molar-refractivity contribution in [2.45, 2.75) is 6.18 Å². The van der Waals surface area contributed by atoms with Crippen LogP contribution in [0.2, 0.25) is 0 Å². The predicted octanol–water partition coefficient (Wildman–Crippen LogP) is 4.02. The van der Waals surface area contributed by atoms with Gasteiger partial charge in [-0.15, -0.1) is 0 Å². The van der Waals surface area contributed by atoms with Crippen molar-refractivity contribution in [2.24, 2.45) is 0 Å². The van der Waals surface area contributed by atoms with Crippen molar-refractivity contribution >= 4 is 12.6 Å². The van der Waals surface area contributed by atoms with E-state index in [0.29, 0.717) is 6.29 Å². The number of carbonyl (C=O) groups is 2. The normalized spacial score (nSPS) is 10.2. The first kappa shape index (κ1) is 15.6. The molecule has 0 aliphatic heterocycles. The zero-order valence-electron chi connectivity index (χ0n) is 10.3. The van der Waals surface area contributed by atoms with Gasteiger partial charge in [-0.2, -0.15) is 13.2 Å². The molecular formula is C15H11F3O2. The molecule has 0 radical (unpaired) electrons. The summed E-state index contributed by atoms with van der Waals surface area (Å²) in [4.78, 5) is 20.1. The molecule has 0 spiro atoms. The molecule has 104 valence electrons. The number of benzene rings is 2. The van der Waals surface area contributed by atoms with Crippen LogP contribution in [0, 0.1) is 0 Å². The van der Waals surface area contributed by atoms with Crippen LogP contribution in [0.15, 0.2) is 54.6 Å². The maximum atomic E-state index is 11.9. The van der Waals surface area contributed by atoms with Crippen LogP contribution in [-0.2, 0) is 6.18 Å². The van der Waals surface area contributed by atoms with Crippen LogP contribution >= 0.6 is 0 Å². The molecule has 5 heteroatoms. The maximum Gasteiger partial charge on any atom is 0.416 e. The summed E-state index contributed by atoms with van der Waals surface area (Å²) >= 11 is 0. The van der Waals surface area contributed by atoms with Crippen molar-refractivity contribution < 1.29 is 22.8 Å². The number of aldehydes is 2. The van der Waals surface area contributed by atoms with E-state index in [1.807, 2.05) is 18.2 Å². The summed E-state index contributed by atoms with van der Waals surface area (Å²) < 4.78 is 35.8. The maximum absolute atomic E-state index is 11.9. The lowest BCUT2D eigenvalue weighted by molar-refractivity contribution is -0.137. The Bertz CT molecular complexity index is 546. The van der Waals surface area contributed by atoms with Crippen molar-refractivity contribution in [1.82, 2.24) is 0 Å². The average Bonchev–Trinajstić information content (AvgIpc) is 2.48. The van der Waals surface area contributed by atoms with Crippen LogP contribution in [-0.4, -0.2) is 12.6 Å². The lowest BCUT2D eigenvalue weighted by atomic mass is 10.1. The van der Waals surface area contributed by atoms with Crippen molar-refractivity contribution in [2.75, 3.05) is 0 Å². The highest BCUT2D eigenvalue weighted by Gasteiger charge is 2.29. The Hall–Kier alpha value is -2.43. The van der Waals surface area contributed by atoms with E-state index in [9.17, 15) is 22.8 Å². The Morgan fingerprint density at radius 2 is 1.15 bits per heavy atom. The molecule has 0 bridgehead atoms. The number of hydrogen-bond acceptors (Lipinski definition) is 2. The lowest BCUT2D eigenvalue weighted by Gasteiger charge is -2.04. The van der Waals surface area contributed by atoms with Crippen LogP contribution < -0.4 is 0 Å². The molecule has 0 aliphatic rings. The molecule has 0 fully saturated rings. The molecule has 2 aromatic carbocycles. The monoisotopic (exact) mass is 280 g/mol. The smallest absolute Gasteiger partial charge is 0.298 e. The van der Waals surface area contributed by atoms with Crippen molar-refractivity contribution in [3.8, 4) is 0 Å². The molecule has 0 saturated heterocycles. The standard InChI is InChI=1S/C8H5F3O.C7H6O/c9-8(10,11)7-3-1-6(5-12)2-4-7;8-6-7-4-2-1-3-5-7/h1-5H;1-6H. The van der Waals surface area contributed by atoms with Crippen molar-refractivity contribution in [3.05, 3.63) is 71.3 Å². The Kier molecular flexibility index (Phi) is 5.65. The second-order valence-corrected chi connectivity index (χ2v) is 3.77. The van der Waals surface area contributed by atoms with E-state index in [0.717, 1.165) is 36.1 Å². The first-order valence-corrected chi connectivity index (χ1v) is 5.60. The van der Waals surface area contributed by atoms with E-state index in [4.69, 9.17) is 0 Å². The first-order valence-electron chi connectivity index (χ1n) is 5.60. The molecule has 2 aromatic rings. The van der Waals surface area contributed by atoms with Crippen molar-refractivity contribution in [3.63, 3.8) is 0 Å². The fourth-order valence-electron chi connectivity index (χ4n) is 1.28.